The third-order valence-electron chi connectivity index (χ3n) is 4.18. The number of aromatic nitrogens is 2. The van der Waals surface area contributed by atoms with Gasteiger partial charge in [-0.3, -0.25) is 9.48 Å². The van der Waals surface area contributed by atoms with Crippen LogP contribution in [0.1, 0.15) is 41.4 Å². The molecule has 0 bridgehead atoms. The maximum absolute atomic E-state index is 12.1. The van der Waals surface area contributed by atoms with E-state index in [1.807, 2.05) is 23.7 Å². The average molecular weight is 346 g/mol. The number of carbonyl (C=O) groups is 1. The lowest BCUT2D eigenvalue weighted by atomic mass is 10.1. The molecule has 0 spiro atoms. The molecule has 130 valence electrons. The van der Waals surface area contributed by atoms with Gasteiger partial charge in [-0.2, -0.15) is 5.10 Å². The molecule has 24 heavy (non-hydrogen) atoms. The van der Waals surface area contributed by atoms with Crippen LogP contribution in [-0.4, -0.2) is 21.4 Å². The molecule has 0 fully saturated rings. The number of benzene rings is 1. The molecule has 0 saturated heterocycles. The van der Waals surface area contributed by atoms with Gasteiger partial charge in [-0.05, 0) is 38.3 Å². The van der Waals surface area contributed by atoms with Crippen molar-refractivity contribution in [2.45, 2.75) is 53.0 Å². The van der Waals surface area contributed by atoms with Crippen LogP contribution >= 0.6 is 11.8 Å². The Morgan fingerprint density at radius 3 is 2.71 bits per heavy atom. The number of rotatable bonds is 8. The van der Waals surface area contributed by atoms with E-state index < -0.39 is 0 Å². The van der Waals surface area contributed by atoms with E-state index in [2.05, 4.69) is 43.3 Å². The molecule has 1 heterocycles. The topological polar surface area (TPSA) is 46.9 Å². The van der Waals surface area contributed by atoms with E-state index in [1.54, 1.807) is 11.8 Å². The van der Waals surface area contributed by atoms with Gasteiger partial charge in [0, 0.05) is 30.1 Å². The molecule has 5 heteroatoms. The molecule has 1 amide bonds. The first kappa shape index (κ1) is 18.6. The average Bonchev–Trinajstić information content (AvgIpc) is 2.82. The summed E-state index contributed by atoms with van der Waals surface area (Å²) in [4.78, 5) is 12.1. The van der Waals surface area contributed by atoms with Gasteiger partial charge >= 0.3 is 0 Å². The van der Waals surface area contributed by atoms with Crippen molar-refractivity contribution in [1.82, 2.24) is 15.1 Å². The van der Waals surface area contributed by atoms with Gasteiger partial charge in [-0.25, -0.2) is 0 Å². The summed E-state index contributed by atoms with van der Waals surface area (Å²) in [5, 5.41) is 7.57. The third kappa shape index (κ3) is 4.87. The first-order valence-corrected chi connectivity index (χ1v) is 9.60. The number of aryl methyl sites for hydroxylation is 3. The number of hydrogen-bond donors (Lipinski definition) is 1. The zero-order chi connectivity index (χ0) is 17.5. The van der Waals surface area contributed by atoms with Crippen molar-refractivity contribution in [1.29, 1.82) is 0 Å². The number of thioether (sulfide) groups is 1. The molecule has 4 nitrogen and oxygen atoms in total. The summed E-state index contributed by atoms with van der Waals surface area (Å²) >= 11 is 1.65. The maximum atomic E-state index is 12.1. The minimum atomic E-state index is 0.0793. The lowest BCUT2D eigenvalue weighted by molar-refractivity contribution is -0.118. The fourth-order valence-corrected chi connectivity index (χ4v) is 3.62. The van der Waals surface area contributed by atoms with Crippen LogP contribution in [0.5, 0.6) is 0 Å². The van der Waals surface area contributed by atoms with Crippen LogP contribution < -0.4 is 5.32 Å². The SMILES string of the molecule is CCCn1nc(C)c(CNC(=O)CSCc2ccccc2C)c1C. The van der Waals surface area contributed by atoms with E-state index in [4.69, 9.17) is 0 Å². The van der Waals surface area contributed by atoms with E-state index in [-0.39, 0.29) is 5.91 Å². The Kier molecular flexibility index (Phi) is 6.91. The Balaban J connectivity index is 1.80. The Morgan fingerprint density at radius 1 is 1.25 bits per heavy atom. The first-order valence-electron chi connectivity index (χ1n) is 8.44. The van der Waals surface area contributed by atoms with Crippen LogP contribution in [0.25, 0.3) is 0 Å². The Bertz CT molecular complexity index is 694. The summed E-state index contributed by atoms with van der Waals surface area (Å²) in [5.41, 5.74) is 5.87. The van der Waals surface area contributed by atoms with Gasteiger partial charge in [0.25, 0.3) is 0 Å². The van der Waals surface area contributed by atoms with Crippen LogP contribution in [0.15, 0.2) is 24.3 Å². The summed E-state index contributed by atoms with van der Waals surface area (Å²) in [6.07, 6.45) is 1.06. The molecule has 0 aliphatic heterocycles. The highest BCUT2D eigenvalue weighted by Gasteiger charge is 2.12. The van der Waals surface area contributed by atoms with E-state index in [0.29, 0.717) is 12.3 Å². The largest absolute Gasteiger partial charge is 0.351 e. The highest BCUT2D eigenvalue weighted by atomic mass is 32.2. The summed E-state index contributed by atoms with van der Waals surface area (Å²) in [5.74, 6) is 1.43. The van der Waals surface area contributed by atoms with Crippen molar-refractivity contribution in [2.24, 2.45) is 0 Å². The van der Waals surface area contributed by atoms with Gasteiger partial charge in [0.15, 0.2) is 0 Å². The van der Waals surface area contributed by atoms with E-state index in [9.17, 15) is 4.79 Å². The fraction of sp³-hybridized carbons (Fsp3) is 0.474. The smallest absolute Gasteiger partial charge is 0.230 e. The molecule has 0 aliphatic carbocycles. The second kappa shape index (κ2) is 8.92. The van der Waals surface area contributed by atoms with Crippen LogP contribution in [0.3, 0.4) is 0 Å². The van der Waals surface area contributed by atoms with Crippen molar-refractivity contribution in [3.8, 4) is 0 Å². The number of amides is 1. The molecule has 2 rings (SSSR count). The van der Waals surface area contributed by atoms with Crippen LogP contribution in [0.4, 0.5) is 0 Å². The van der Waals surface area contributed by atoms with Crippen molar-refractivity contribution in [3.63, 3.8) is 0 Å². The molecule has 1 aromatic carbocycles. The molecule has 1 N–H and O–H groups in total. The number of nitrogens with zero attached hydrogens (tertiary/aromatic N) is 2. The number of hydrogen-bond acceptors (Lipinski definition) is 3. The summed E-state index contributed by atoms with van der Waals surface area (Å²) < 4.78 is 2.03. The van der Waals surface area contributed by atoms with Crippen molar-refractivity contribution < 1.29 is 4.79 Å². The Hall–Kier alpha value is -1.75. The third-order valence-corrected chi connectivity index (χ3v) is 5.16. The standard InChI is InChI=1S/C19H27N3OS/c1-5-10-22-16(4)18(15(3)21-22)11-20-19(23)13-24-12-17-9-7-6-8-14(17)2/h6-9H,5,10-13H2,1-4H3,(H,20,23). The lowest BCUT2D eigenvalue weighted by Gasteiger charge is -2.08. The van der Waals surface area contributed by atoms with Crippen molar-refractivity contribution in [2.75, 3.05) is 5.75 Å². The van der Waals surface area contributed by atoms with Gasteiger partial charge in [-0.1, -0.05) is 31.2 Å². The minimum absolute atomic E-state index is 0.0793. The second-order valence-electron chi connectivity index (χ2n) is 6.07. The number of carbonyl (C=O) groups excluding carboxylic acids is 1. The fourth-order valence-electron chi connectivity index (χ4n) is 2.68. The Labute approximate surface area is 149 Å². The van der Waals surface area contributed by atoms with Crippen LogP contribution in [-0.2, 0) is 23.6 Å². The summed E-state index contributed by atoms with van der Waals surface area (Å²) in [6.45, 7) is 9.81. The van der Waals surface area contributed by atoms with Gasteiger partial charge in [0.1, 0.15) is 0 Å². The quantitative estimate of drug-likeness (QED) is 0.792. The van der Waals surface area contributed by atoms with E-state index in [0.717, 1.165) is 35.7 Å². The summed E-state index contributed by atoms with van der Waals surface area (Å²) in [6, 6.07) is 8.31. The van der Waals surface area contributed by atoms with Crippen LogP contribution in [0.2, 0.25) is 0 Å². The maximum Gasteiger partial charge on any atom is 0.230 e. The zero-order valence-corrected chi connectivity index (χ0v) is 15.9. The molecule has 1 aromatic heterocycles. The molecule has 0 saturated carbocycles. The lowest BCUT2D eigenvalue weighted by Crippen LogP contribution is -2.25. The van der Waals surface area contributed by atoms with Crippen LogP contribution in [0, 0.1) is 20.8 Å². The van der Waals surface area contributed by atoms with Crippen molar-refractivity contribution in [3.05, 3.63) is 52.3 Å². The molecular formula is C19H27N3OS. The van der Waals surface area contributed by atoms with Gasteiger partial charge in [0.2, 0.25) is 5.91 Å². The van der Waals surface area contributed by atoms with Gasteiger partial charge in [0.05, 0.1) is 11.4 Å². The zero-order valence-electron chi connectivity index (χ0n) is 15.1. The van der Waals surface area contributed by atoms with Gasteiger partial charge < -0.3 is 5.32 Å². The molecule has 0 unspecified atom stereocenters. The normalized spacial score (nSPS) is 10.8. The van der Waals surface area contributed by atoms with E-state index >= 15 is 0 Å². The monoisotopic (exact) mass is 345 g/mol. The van der Waals surface area contributed by atoms with E-state index in [1.165, 1.54) is 11.1 Å². The minimum Gasteiger partial charge on any atom is -0.351 e. The highest BCUT2D eigenvalue weighted by molar-refractivity contribution is 7.99. The van der Waals surface area contributed by atoms with Crippen molar-refractivity contribution >= 4 is 17.7 Å². The predicted octanol–water partition coefficient (Wildman–Crippen LogP) is 3.77. The Morgan fingerprint density at radius 2 is 2.00 bits per heavy atom. The molecule has 0 aliphatic rings. The summed E-state index contributed by atoms with van der Waals surface area (Å²) in [7, 11) is 0. The highest BCUT2D eigenvalue weighted by Crippen LogP contribution is 2.16. The predicted molar refractivity (Wildman–Crippen MR) is 101 cm³/mol. The first-order chi connectivity index (χ1) is 11.5. The molecule has 0 atom stereocenters. The second-order valence-corrected chi connectivity index (χ2v) is 7.05. The molecule has 0 radical (unpaired) electrons. The van der Waals surface area contributed by atoms with Gasteiger partial charge in [-0.15, -0.1) is 11.8 Å². The molecular weight excluding hydrogens is 318 g/mol. The number of nitrogens with one attached hydrogen (secondary N) is 1. The molecule has 2 aromatic rings.